The quantitative estimate of drug-likeness (QED) is 0.0310. The predicted octanol–water partition coefficient (Wildman–Crippen LogP) is 12.7. The zero-order valence-electron chi connectivity index (χ0n) is 75.1. The molecule has 34 nitrogen and oxygen atoms in total. The van der Waals surface area contributed by atoms with Gasteiger partial charge in [-0.05, 0) is 198 Å². The van der Waals surface area contributed by atoms with Crippen LogP contribution in [0.4, 0.5) is 63.6 Å². The molecule has 13 heterocycles. The van der Waals surface area contributed by atoms with Crippen molar-refractivity contribution in [3.8, 4) is 91.5 Å². The first kappa shape index (κ1) is 85.2. The molecular formula is C97H100F4N30O4. The Morgan fingerprint density at radius 2 is 0.756 bits per heavy atom. The van der Waals surface area contributed by atoms with Gasteiger partial charge in [0, 0.05) is 200 Å². The highest BCUT2D eigenvalue weighted by Gasteiger charge is 2.56. The fourth-order valence-corrected chi connectivity index (χ4v) is 21.2. The Balaban J connectivity index is 0.000000101. The molecule has 12 N–H and O–H groups in total. The maximum atomic E-state index is 14.5. The number of halogens is 4. The summed E-state index contributed by atoms with van der Waals surface area (Å²) in [6.07, 6.45) is 25.4. The highest BCUT2D eigenvalue weighted by molar-refractivity contribution is 6.00. The third kappa shape index (κ3) is 16.6. The van der Waals surface area contributed by atoms with E-state index < -0.39 is 0 Å². The Labute approximate surface area is 774 Å². The van der Waals surface area contributed by atoms with Crippen LogP contribution in [0.1, 0.15) is 113 Å². The smallest absolute Gasteiger partial charge is 0.324 e. The van der Waals surface area contributed by atoms with E-state index in [1.165, 1.54) is 49.9 Å². The Morgan fingerprint density at radius 3 is 1.11 bits per heavy atom. The number of fused-ring (bicyclic) bond motifs is 15. The standard InChI is InChI=1S/C25H26FN7O.C24H22FN9O.2C24H26FN7O/c1-28-19-6-13(26)5-16-15(19)7-20-22(16)24(33-10-17-18(11-33)23(17)27)32-25(31-20)34-14-8-29-21(30-9-14)4-12-2-3-12;1-27-18-4-12(25)3-15-14(18)5-19-20(15)23(34-8-16-17(9-34)21(16)26)32-24(31-19)35-13-2-11(6-28-7-13)22-29-10-30-33-22;1-12-28-9-15(10-29-12)33-24-30-21-8-16-17(6-14(25)7-20(16)27-2)22(21)23(31-24)32-4-3-13-5-19(26)18(13)11-32;1-27-19-8-14(25)7-18-17(19)9-20-22(18)23(32-5-4-15(26)12-32)31-24(30-20)33-16-10-28-21(29-11-16)6-13-2-3-13/h5-6,8-9,12,17-18,23,28H,2-4,7,10-11,27H2,1H3;2-4,6-7,16-17,21,27H,5,8-10,26H2,1H3;6-7,9-10,13,18-19,27H,3-5,8,11,26H2,1-2H3;7-8,10-11,13,15,27H,2-6,9,12,26H2,1H3/t;;;15-/m...0/s1. The molecule has 5 aliphatic heterocycles. The minimum Gasteiger partial charge on any atom is -0.423 e. The first-order chi connectivity index (χ1) is 65.7. The van der Waals surface area contributed by atoms with Crippen molar-refractivity contribution < 1.29 is 36.5 Å². The number of anilines is 8. The molecular weight excluding hydrogens is 1730 g/mol. The molecule has 7 unspecified atom stereocenters. The largest absolute Gasteiger partial charge is 0.423 e. The lowest BCUT2D eigenvalue weighted by atomic mass is 9.66. The van der Waals surface area contributed by atoms with Crippen LogP contribution in [0.5, 0.6) is 47.0 Å². The molecule has 4 aromatic carbocycles. The van der Waals surface area contributed by atoms with Gasteiger partial charge in [0.1, 0.15) is 69.8 Å². The summed E-state index contributed by atoms with van der Waals surface area (Å²) >= 11 is 0. The normalized spacial score (nSPS) is 22.2. The summed E-state index contributed by atoms with van der Waals surface area (Å²) in [5.41, 5.74) is 42.8. The molecule has 5 saturated carbocycles. The van der Waals surface area contributed by atoms with Crippen LogP contribution in [0.3, 0.4) is 0 Å². The number of ether oxygens (including phenoxy) is 4. The first-order valence-electron chi connectivity index (χ1n) is 46.4. The second-order valence-corrected chi connectivity index (χ2v) is 37.5. The monoisotopic (exact) mass is 1820 g/mol. The van der Waals surface area contributed by atoms with Crippen LogP contribution in [0.15, 0.2) is 119 Å². The van der Waals surface area contributed by atoms with Crippen molar-refractivity contribution in [2.45, 2.75) is 115 Å². The van der Waals surface area contributed by atoms with E-state index in [0.717, 1.165) is 237 Å². The number of nitrogens with zero attached hydrogens (tertiary/aromatic N) is 22. The van der Waals surface area contributed by atoms with E-state index in [0.29, 0.717) is 115 Å². The van der Waals surface area contributed by atoms with Crippen LogP contribution < -0.4 is 82.7 Å². The van der Waals surface area contributed by atoms with E-state index in [2.05, 4.69) is 91.0 Å². The second kappa shape index (κ2) is 34.5. The SMILES string of the molecule is CNc1cc(F)cc2c1Cc1nc(Oc3cnc(C)nc3)nc(N3CCC4CC(N)C4C3)c1-2.CNc1cc(F)cc2c1Cc1nc(Oc3cnc(CC4CC4)nc3)nc(N3CC4C(N)C4C3)c1-2.CNc1cc(F)cc2c1Cc1nc(Oc3cnc(CC4CC4)nc3)nc(N3CC[C@H](N)C3)c1-2.CNc1cc(F)cc2c1Cc1nc(Oc3cncc(C4=NCN=N4)c3)nc(N3CC4C(N)C4C3)c1-2. The summed E-state index contributed by atoms with van der Waals surface area (Å²) < 4.78 is 81.9. The second-order valence-electron chi connectivity index (χ2n) is 37.5. The van der Waals surface area contributed by atoms with Gasteiger partial charge in [0.05, 0.1) is 66.2 Å². The number of nitrogens with two attached hydrogens (primary N) is 4. The van der Waals surface area contributed by atoms with Crippen LogP contribution in [0, 0.1) is 77.5 Å². The van der Waals surface area contributed by atoms with Crippen LogP contribution >= 0.6 is 0 Å². The van der Waals surface area contributed by atoms with Crippen molar-refractivity contribution in [2.24, 2.45) is 85.5 Å². The number of rotatable bonds is 21. The minimum atomic E-state index is -0.298. The Bertz CT molecular complexity index is 6750. The van der Waals surface area contributed by atoms with Crippen molar-refractivity contribution in [1.82, 2.24) is 74.8 Å². The zero-order valence-corrected chi connectivity index (χ0v) is 75.1. The van der Waals surface area contributed by atoms with E-state index in [1.54, 1.807) is 108 Å². The van der Waals surface area contributed by atoms with Crippen molar-refractivity contribution >= 4 is 51.9 Å². The number of aromatic nitrogens is 15. The van der Waals surface area contributed by atoms with Crippen molar-refractivity contribution in [1.29, 1.82) is 0 Å². The molecule has 26 rings (SSSR count). The summed E-state index contributed by atoms with van der Waals surface area (Å²) in [5, 5.41) is 20.4. The maximum Gasteiger partial charge on any atom is 0.324 e. The van der Waals surface area contributed by atoms with Crippen LogP contribution in [-0.4, -0.2) is 192 Å². The van der Waals surface area contributed by atoms with Gasteiger partial charge in [0.2, 0.25) is 0 Å². The molecule has 9 fully saturated rings. The van der Waals surface area contributed by atoms with Crippen LogP contribution in [0.25, 0.3) is 44.5 Å². The molecule has 14 aliphatic rings. The number of azo groups is 1. The van der Waals surface area contributed by atoms with Gasteiger partial charge in [-0.15, -0.1) is 5.11 Å². The fraction of sp³-hybridized carbons (Fsp3) is 0.402. The summed E-state index contributed by atoms with van der Waals surface area (Å²) in [6.45, 7) is 8.65. The average molecular weight is 1830 g/mol. The molecule has 38 heteroatoms. The number of hydrogen-bond acceptors (Lipinski definition) is 34. The van der Waals surface area contributed by atoms with Gasteiger partial charge in [0.25, 0.3) is 0 Å². The van der Waals surface area contributed by atoms with Gasteiger partial charge >= 0.3 is 24.0 Å². The maximum absolute atomic E-state index is 14.5. The Kier molecular flexibility index (Phi) is 21.8. The molecule has 0 amide bonds. The number of aliphatic imine (C=N–C) groups is 1. The van der Waals surface area contributed by atoms with E-state index >= 15 is 0 Å². The topological polar surface area (TPSA) is 433 Å². The van der Waals surface area contributed by atoms with E-state index in [-0.39, 0.29) is 71.5 Å². The number of benzene rings is 4. The summed E-state index contributed by atoms with van der Waals surface area (Å²) in [7, 11) is 7.20. The summed E-state index contributed by atoms with van der Waals surface area (Å²) in [5.74, 6) is 11.2. The number of hydrogen-bond donors (Lipinski definition) is 8. The van der Waals surface area contributed by atoms with Gasteiger partial charge in [-0.1, -0.05) is 0 Å². The fourth-order valence-electron chi connectivity index (χ4n) is 21.2. The average Bonchev–Trinajstić information content (AvgIpc) is 1.57. The lowest BCUT2D eigenvalue weighted by molar-refractivity contribution is 0.110. The molecule has 0 radical (unpaired) electrons. The van der Waals surface area contributed by atoms with Gasteiger partial charge in [-0.25, -0.2) is 52.5 Å². The molecule has 4 saturated heterocycles. The lowest BCUT2D eigenvalue weighted by Gasteiger charge is -2.50. The minimum absolute atomic E-state index is 0.0775. The van der Waals surface area contributed by atoms with E-state index in [9.17, 15) is 17.6 Å². The number of amidine groups is 1. The number of pyridine rings is 1. The zero-order chi connectivity index (χ0) is 91.9. The van der Waals surface area contributed by atoms with Gasteiger partial charge in [-0.2, -0.15) is 45.0 Å². The summed E-state index contributed by atoms with van der Waals surface area (Å²) in [6, 6.07) is 16.0. The summed E-state index contributed by atoms with van der Waals surface area (Å²) in [4.78, 5) is 81.7. The first-order valence-corrected chi connectivity index (χ1v) is 46.4. The molecule has 690 valence electrons. The van der Waals surface area contributed by atoms with Crippen LogP contribution in [0.2, 0.25) is 0 Å². The van der Waals surface area contributed by atoms with E-state index in [4.69, 9.17) is 81.8 Å². The molecule has 12 aromatic rings. The van der Waals surface area contributed by atoms with Crippen molar-refractivity contribution in [3.05, 3.63) is 196 Å². The molecule has 8 atom stereocenters. The molecule has 9 aliphatic carbocycles. The molecule has 8 aromatic heterocycles. The van der Waals surface area contributed by atoms with Gasteiger partial charge in [-0.3, -0.25) is 4.98 Å². The van der Waals surface area contributed by atoms with Crippen molar-refractivity contribution in [2.75, 3.05) is 128 Å². The van der Waals surface area contributed by atoms with Crippen LogP contribution in [-0.2, 0) is 38.5 Å². The number of aryl methyl sites for hydroxylation is 1. The highest BCUT2D eigenvalue weighted by Crippen LogP contribution is 2.55. The third-order valence-corrected chi connectivity index (χ3v) is 28.8. The lowest BCUT2D eigenvalue weighted by Crippen LogP contribution is -2.57. The van der Waals surface area contributed by atoms with Crippen molar-refractivity contribution in [3.63, 3.8) is 0 Å². The number of nitrogens with one attached hydrogen (secondary N) is 4. The van der Waals surface area contributed by atoms with Gasteiger partial charge in [0.15, 0.2) is 29.8 Å². The highest BCUT2D eigenvalue weighted by atomic mass is 19.1. The Hall–Kier alpha value is -14.0. The third-order valence-electron chi connectivity index (χ3n) is 28.8. The predicted molar refractivity (Wildman–Crippen MR) is 499 cm³/mol. The molecule has 0 spiro atoms. The molecule has 0 bridgehead atoms. The molecule has 135 heavy (non-hydrogen) atoms. The van der Waals surface area contributed by atoms with E-state index in [1.807, 2.05) is 6.92 Å². The Morgan fingerprint density at radius 1 is 0.393 bits per heavy atom. The van der Waals surface area contributed by atoms with Gasteiger partial charge < -0.3 is 82.7 Å². The number of piperidine rings is 3.